The second kappa shape index (κ2) is 8.48. The summed E-state index contributed by atoms with van der Waals surface area (Å²) < 4.78 is 0. The molecule has 3 aromatic carbocycles. The number of benzene rings is 3. The first-order valence-electron chi connectivity index (χ1n) is 10.3. The Hall–Kier alpha value is -3.86. The van der Waals surface area contributed by atoms with Crippen molar-refractivity contribution in [2.75, 3.05) is 35.3 Å². The molecule has 1 aliphatic rings. The van der Waals surface area contributed by atoms with E-state index in [0.29, 0.717) is 23.5 Å². The number of imide groups is 1. The van der Waals surface area contributed by atoms with Crippen LogP contribution in [-0.4, -0.2) is 32.5 Å². The van der Waals surface area contributed by atoms with E-state index >= 15 is 0 Å². The van der Waals surface area contributed by atoms with Crippen molar-refractivity contribution in [1.82, 2.24) is 0 Å². The Morgan fingerprint density at radius 2 is 1.29 bits per heavy atom. The van der Waals surface area contributed by atoms with Gasteiger partial charge in [0.05, 0.1) is 11.3 Å². The Bertz CT molecular complexity index is 1120. The van der Waals surface area contributed by atoms with Crippen molar-refractivity contribution in [3.8, 4) is 0 Å². The second-order valence-corrected chi connectivity index (χ2v) is 7.53. The molecular formula is C26H25N3O2. The van der Waals surface area contributed by atoms with Gasteiger partial charge >= 0.3 is 0 Å². The van der Waals surface area contributed by atoms with Crippen LogP contribution >= 0.6 is 0 Å². The maximum atomic E-state index is 13.7. The van der Waals surface area contributed by atoms with Crippen LogP contribution in [0.15, 0.2) is 90.6 Å². The lowest BCUT2D eigenvalue weighted by Gasteiger charge is -2.25. The van der Waals surface area contributed by atoms with Crippen LogP contribution in [0.25, 0.3) is 5.57 Å². The molecule has 0 bridgehead atoms. The van der Waals surface area contributed by atoms with Gasteiger partial charge in [-0.15, -0.1) is 0 Å². The predicted molar refractivity (Wildman–Crippen MR) is 126 cm³/mol. The Labute approximate surface area is 182 Å². The number of carbonyl (C=O) groups excluding carboxylic acids is 2. The molecule has 1 aliphatic heterocycles. The molecule has 3 aromatic rings. The molecule has 0 spiro atoms. The molecule has 2 amide bonds. The first kappa shape index (κ1) is 20.4. The minimum atomic E-state index is -0.313. The lowest BCUT2D eigenvalue weighted by Crippen LogP contribution is -2.35. The zero-order chi connectivity index (χ0) is 22.0. The third-order valence-electron chi connectivity index (χ3n) is 5.40. The number of nitrogens with zero attached hydrogens (tertiary/aromatic N) is 3. The fraction of sp³-hybridized carbons (Fsp3) is 0.154. The molecular weight excluding hydrogens is 386 g/mol. The molecule has 4 rings (SSSR count). The molecule has 0 aromatic heterocycles. The minimum absolute atomic E-state index is 0.307. The molecule has 0 saturated heterocycles. The number of para-hydroxylation sites is 1. The fourth-order valence-corrected chi connectivity index (χ4v) is 3.85. The molecule has 0 atom stereocenters. The van der Waals surface area contributed by atoms with E-state index in [1.165, 1.54) is 4.90 Å². The number of likely N-dealkylation sites (N-methyl/N-ethyl adjacent to an activating group) is 1. The van der Waals surface area contributed by atoms with Crippen LogP contribution in [0.4, 0.5) is 17.1 Å². The summed E-state index contributed by atoms with van der Waals surface area (Å²) in [6, 6.07) is 26.5. The lowest BCUT2D eigenvalue weighted by atomic mass is 10.0. The molecule has 0 saturated carbocycles. The third kappa shape index (κ3) is 3.70. The van der Waals surface area contributed by atoms with E-state index in [2.05, 4.69) is 0 Å². The average Bonchev–Trinajstić information content (AvgIpc) is 3.06. The zero-order valence-corrected chi connectivity index (χ0v) is 17.9. The number of hydrogen-bond acceptors (Lipinski definition) is 4. The summed E-state index contributed by atoms with van der Waals surface area (Å²) in [5, 5.41) is 0. The summed E-state index contributed by atoms with van der Waals surface area (Å²) >= 11 is 0. The van der Waals surface area contributed by atoms with E-state index in [1.54, 1.807) is 0 Å². The molecule has 5 nitrogen and oxygen atoms in total. The van der Waals surface area contributed by atoms with E-state index < -0.39 is 0 Å². The highest BCUT2D eigenvalue weighted by Crippen LogP contribution is 2.37. The Morgan fingerprint density at radius 3 is 1.84 bits per heavy atom. The topological polar surface area (TPSA) is 43.9 Å². The standard InChI is InChI=1S/C26H25N3O2/c1-4-28(21-13-9-6-10-14-21)24-23(19-11-7-5-8-12-19)25(30)29(26(24)31)22-17-15-20(16-18-22)27(2)3/h5-18H,4H2,1-3H3. The molecule has 5 heteroatoms. The number of hydrogen-bond donors (Lipinski definition) is 0. The van der Waals surface area contributed by atoms with Gasteiger partial charge in [0.1, 0.15) is 5.70 Å². The number of carbonyl (C=O) groups is 2. The van der Waals surface area contributed by atoms with E-state index in [1.807, 2.05) is 116 Å². The van der Waals surface area contributed by atoms with Gasteiger partial charge in [-0.2, -0.15) is 0 Å². The van der Waals surface area contributed by atoms with Crippen molar-refractivity contribution in [2.24, 2.45) is 0 Å². The van der Waals surface area contributed by atoms with Crippen LogP contribution in [0.5, 0.6) is 0 Å². The summed E-state index contributed by atoms with van der Waals surface area (Å²) in [6.07, 6.45) is 0. The van der Waals surface area contributed by atoms with Gasteiger partial charge in [0.25, 0.3) is 11.8 Å². The molecule has 0 unspecified atom stereocenters. The molecule has 31 heavy (non-hydrogen) atoms. The zero-order valence-electron chi connectivity index (χ0n) is 17.9. The van der Waals surface area contributed by atoms with Crippen LogP contribution in [0.3, 0.4) is 0 Å². The lowest BCUT2D eigenvalue weighted by molar-refractivity contribution is -0.120. The summed E-state index contributed by atoms with van der Waals surface area (Å²) in [6.45, 7) is 2.54. The van der Waals surface area contributed by atoms with Crippen LogP contribution < -0.4 is 14.7 Å². The maximum Gasteiger partial charge on any atom is 0.282 e. The largest absolute Gasteiger partial charge is 0.378 e. The smallest absolute Gasteiger partial charge is 0.282 e. The molecule has 0 aliphatic carbocycles. The van der Waals surface area contributed by atoms with Crippen molar-refractivity contribution >= 4 is 34.4 Å². The average molecular weight is 412 g/mol. The summed E-state index contributed by atoms with van der Waals surface area (Å²) in [5.41, 5.74) is 4.00. The Morgan fingerprint density at radius 1 is 0.710 bits per heavy atom. The highest BCUT2D eigenvalue weighted by Gasteiger charge is 2.42. The van der Waals surface area contributed by atoms with Crippen molar-refractivity contribution < 1.29 is 9.59 Å². The van der Waals surface area contributed by atoms with Crippen molar-refractivity contribution in [3.05, 3.63) is 96.2 Å². The van der Waals surface area contributed by atoms with Gasteiger partial charge in [-0.1, -0.05) is 48.5 Å². The normalized spacial score (nSPS) is 13.7. The summed E-state index contributed by atoms with van der Waals surface area (Å²) in [5.74, 6) is -0.620. The van der Waals surface area contributed by atoms with Gasteiger partial charge in [-0.25, -0.2) is 4.90 Å². The molecule has 0 radical (unpaired) electrons. The summed E-state index contributed by atoms with van der Waals surface area (Å²) in [7, 11) is 3.90. The molecule has 0 fully saturated rings. The number of rotatable bonds is 6. The van der Waals surface area contributed by atoms with E-state index in [4.69, 9.17) is 0 Å². The Balaban J connectivity index is 1.85. The van der Waals surface area contributed by atoms with Gasteiger partial charge < -0.3 is 9.80 Å². The molecule has 0 N–H and O–H groups in total. The SMILES string of the molecule is CCN(C1=C(c2ccccc2)C(=O)N(c2ccc(N(C)C)cc2)C1=O)c1ccccc1. The van der Waals surface area contributed by atoms with E-state index in [0.717, 1.165) is 16.9 Å². The monoisotopic (exact) mass is 411 g/mol. The first-order chi connectivity index (χ1) is 15.0. The van der Waals surface area contributed by atoms with Crippen molar-refractivity contribution in [2.45, 2.75) is 6.92 Å². The second-order valence-electron chi connectivity index (χ2n) is 7.53. The van der Waals surface area contributed by atoms with Crippen molar-refractivity contribution in [1.29, 1.82) is 0 Å². The minimum Gasteiger partial charge on any atom is -0.378 e. The molecule has 1 heterocycles. The van der Waals surface area contributed by atoms with Gasteiger partial charge in [0, 0.05) is 32.0 Å². The number of amides is 2. The van der Waals surface area contributed by atoms with Gasteiger partial charge in [-0.3, -0.25) is 9.59 Å². The van der Waals surface area contributed by atoms with Crippen LogP contribution in [0.1, 0.15) is 12.5 Å². The maximum absolute atomic E-state index is 13.7. The highest BCUT2D eigenvalue weighted by molar-refractivity contribution is 6.46. The van der Waals surface area contributed by atoms with E-state index in [9.17, 15) is 9.59 Å². The predicted octanol–water partition coefficient (Wildman–Crippen LogP) is 4.56. The first-order valence-corrected chi connectivity index (χ1v) is 10.3. The summed E-state index contributed by atoms with van der Waals surface area (Å²) in [4.78, 5) is 32.5. The quantitative estimate of drug-likeness (QED) is 0.558. The van der Waals surface area contributed by atoms with Gasteiger partial charge in [0.15, 0.2) is 0 Å². The number of anilines is 3. The van der Waals surface area contributed by atoms with Gasteiger partial charge in [-0.05, 0) is 48.9 Å². The highest BCUT2D eigenvalue weighted by atomic mass is 16.2. The van der Waals surface area contributed by atoms with Crippen LogP contribution in [0.2, 0.25) is 0 Å². The Kier molecular flexibility index (Phi) is 5.58. The molecule has 156 valence electrons. The van der Waals surface area contributed by atoms with Crippen LogP contribution in [0, 0.1) is 0 Å². The van der Waals surface area contributed by atoms with Crippen molar-refractivity contribution in [3.63, 3.8) is 0 Å². The van der Waals surface area contributed by atoms with E-state index in [-0.39, 0.29) is 11.8 Å². The van der Waals surface area contributed by atoms with Gasteiger partial charge in [0.2, 0.25) is 0 Å². The third-order valence-corrected chi connectivity index (χ3v) is 5.40. The fourth-order valence-electron chi connectivity index (χ4n) is 3.85. The van der Waals surface area contributed by atoms with Crippen LogP contribution in [-0.2, 0) is 9.59 Å².